The topological polar surface area (TPSA) is 30.5 Å². The molecule has 0 aliphatic rings. The van der Waals surface area contributed by atoms with Crippen molar-refractivity contribution in [3.8, 4) is 0 Å². The predicted octanol–water partition coefficient (Wildman–Crippen LogP) is 2.46. The number of hydrogen-bond acceptors (Lipinski definition) is 3. The molecule has 0 radical (unpaired) electrons. The van der Waals surface area contributed by atoms with E-state index in [1.54, 1.807) is 7.11 Å². The van der Waals surface area contributed by atoms with E-state index in [-0.39, 0.29) is 0 Å². The fourth-order valence-electron chi connectivity index (χ4n) is 1.86. The Bertz CT molecular complexity index is 119. The summed E-state index contributed by atoms with van der Waals surface area (Å²) in [6.07, 6.45) is 5.04. The van der Waals surface area contributed by atoms with Crippen molar-refractivity contribution >= 4 is 0 Å². The summed E-state index contributed by atoms with van der Waals surface area (Å²) < 4.78 is 10.4. The molecule has 0 aromatic heterocycles. The van der Waals surface area contributed by atoms with E-state index >= 15 is 0 Å². The summed E-state index contributed by atoms with van der Waals surface area (Å²) >= 11 is 0. The number of ether oxygens (including phenoxy) is 2. The standard InChI is InChI=1S/C13H29NO2/c1-4-7-13(8-6-10-16-5-2)12-14-9-11-15-3/h13-14H,4-12H2,1-3H3. The molecule has 0 aliphatic carbocycles. The van der Waals surface area contributed by atoms with Gasteiger partial charge in [0.15, 0.2) is 0 Å². The molecular weight excluding hydrogens is 202 g/mol. The molecule has 0 saturated heterocycles. The minimum Gasteiger partial charge on any atom is -0.383 e. The molecule has 0 saturated carbocycles. The minimum atomic E-state index is 0.794. The Labute approximate surface area is 101 Å². The van der Waals surface area contributed by atoms with Crippen LogP contribution in [0.5, 0.6) is 0 Å². The summed E-state index contributed by atoms with van der Waals surface area (Å²) in [5.41, 5.74) is 0. The van der Waals surface area contributed by atoms with Crippen molar-refractivity contribution in [1.29, 1.82) is 0 Å². The average Bonchev–Trinajstić information content (AvgIpc) is 2.30. The normalized spacial score (nSPS) is 12.9. The van der Waals surface area contributed by atoms with Crippen LogP contribution in [0, 0.1) is 5.92 Å². The van der Waals surface area contributed by atoms with E-state index in [1.807, 2.05) is 0 Å². The van der Waals surface area contributed by atoms with Crippen LogP contribution in [0.1, 0.15) is 39.5 Å². The summed E-state index contributed by atoms with van der Waals surface area (Å²) in [7, 11) is 1.74. The van der Waals surface area contributed by atoms with Gasteiger partial charge >= 0.3 is 0 Å². The lowest BCUT2D eigenvalue weighted by Crippen LogP contribution is -2.26. The lowest BCUT2D eigenvalue weighted by molar-refractivity contribution is 0.138. The second-order valence-electron chi connectivity index (χ2n) is 4.19. The highest BCUT2D eigenvalue weighted by molar-refractivity contribution is 4.62. The molecule has 0 spiro atoms. The van der Waals surface area contributed by atoms with Gasteiger partial charge in [-0.1, -0.05) is 13.3 Å². The van der Waals surface area contributed by atoms with E-state index in [0.717, 1.165) is 38.8 Å². The Morgan fingerprint density at radius 1 is 1.12 bits per heavy atom. The fourth-order valence-corrected chi connectivity index (χ4v) is 1.86. The lowest BCUT2D eigenvalue weighted by Gasteiger charge is -2.16. The van der Waals surface area contributed by atoms with Gasteiger partial charge in [0.1, 0.15) is 0 Å². The molecule has 3 nitrogen and oxygen atoms in total. The first-order valence-corrected chi connectivity index (χ1v) is 6.62. The maximum atomic E-state index is 5.36. The van der Waals surface area contributed by atoms with Gasteiger partial charge in [-0.05, 0) is 38.6 Å². The summed E-state index contributed by atoms with van der Waals surface area (Å²) in [4.78, 5) is 0. The van der Waals surface area contributed by atoms with Gasteiger partial charge in [0.2, 0.25) is 0 Å². The quantitative estimate of drug-likeness (QED) is 0.523. The molecule has 1 N–H and O–H groups in total. The molecule has 0 bridgehead atoms. The largest absolute Gasteiger partial charge is 0.383 e. The summed E-state index contributed by atoms with van der Waals surface area (Å²) in [6, 6.07) is 0. The van der Waals surface area contributed by atoms with Crippen molar-refractivity contribution in [3.63, 3.8) is 0 Å². The molecule has 0 amide bonds. The van der Waals surface area contributed by atoms with Gasteiger partial charge in [0, 0.05) is 26.9 Å². The van der Waals surface area contributed by atoms with E-state index in [9.17, 15) is 0 Å². The van der Waals surface area contributed by atoms with E-state index in [2.05, 4.69) is 19.2 Å². The van der Waals surface area contributed by atoms with Gasteiger partial charge in [0.05, 0.1) is 6.61 Å². The number of nitrogens with one attached hydrogen (secondary N) is 1. The SMILES string of the molecule is CCCC(CCCOCC)CNCCOC. The van der Waals surface area contributed by atoms with Crippen molar-refractivity contribution in [2.45, 2.75) is 39.5 Å². The van der Waals surface area contributed by atoms with Crippen molar-refractivity contribution in [2.75, 3.05) is 40.0 Å². The highest BCUT2D eigenvalue weighted by Gasteiger charge is 2.06. The Hall–Kier alpha value is -0.120. The Balaban J connectivity index is 3.45. The second-order valence-corrected chi connectivity index (χ2v) is 4.19. The first-order chi connectivity index (χ1) is 7.85. The number of rotatable bonds is 12. The second kappa shape index (κ2) is 12.9. The van der Waals surface area contributed by atoms with Gasteiger partial charge in [0.25, 0.3) is 0 Å². The van der Waals surface area contributed by atoms with Crippen molar-refractivity contribution in [3.05, 3.63) is 0 Å². The fraction of sp³-hybridized carbons (Fsp3) is 1.00. The zero-order chi connectivity index (χ0) is 12.1. The molecule has 0 aromatic rings. The molecule has 0 aliphatic heterocycles. The van der Waals surface area contributed by atoms with Crippen LogP contribution < -0.4 is 5.32 Å². The Morgan fingerprint density at radius 3 is 2.56 bits per heavy atom. The zero-order valence-electron chi connectivity index (χ0n) is 11.3. The van der Waals surface area contributed by atoms with E-state index < -0.39 is 0 Å². The zero-order valence-corrected chi connectivity index (χ0v) is 11.3. The summed E-state index contributed by atoms with van der Waals surface area (Å²) in [5.74, 6) is 0.794. The van der Waals surface area contributed by atoms with Gasteiger partial charge in [-0.2, -0.15) is 0 Å². The third-order valence-electron chi connectivity index (χ3n) is 2.72. The van der Waals surface area contributed by atoms with Crippen LogP contribution in [0.15, 0.2) is 0 Å². The highest BCUT2D eigenvalue weighted by Crippen LogP contribution is 2.12. The van der Waals surface area contributed by atoms with Crippen LogP contribution in [-0.4, -0.2) is 40.0 Å². The molecule has 1 unspecified atom stereocenters. The third kappa shape index (κ3) is 10.4. The molecule has 1 atom stereocenters. The van der Waals surface area contributed by atoms with Gasteiger partial charge in [-0.15, -0.1) is 0 Å². The third-order valence-corrected chi connectivity index (χ3v) is 2.72. The minimum absolute atomic E-state index is 0.794. The monoisotopic (exact) mass is 231 g/mol. The van der Waals surface area contributed by atoms with Crippen LogP contribution in [0.2, 0.25) is 0 Å². The number of methoxy groups -OCH3 is 1. The van der Waals surface area contributed by atoms with Crippen LogP contribution in [-0.2, 0) is 9.47 Å². The maximum Gasteiger partial charge on any atom is 0.0587 e. The van der Waals surface area contributed by atoms with E-state index in [4.69, 9.17) is 9.47 Å². The van der Waals surface area contributed by atoms with Crippen LogP contribution >= 0.6 is 0 Å². The first-order valence-electron chi connectivity index (χ1n) is 6.62. The van der Waals surface area contributed by atoms with Gasteiger partial charge < -0.3 is 14.8 Å². The predicted molar refractivity (Wildman–Crippen MR) is 68.9 cm³/mol. The van der Waals surface area contributed by atoms with E-state index in [1.165, 1.54) is 25.7 Å². The Kier molecular flexibility index (Phi) is 12.9. The molecule has 0 heterocycles. The summed E-state index contributed by atoms with van der Waals surface area (Å²) in [5, 5.41) is 3.45. The van der Waals surface area contributed by atoms with Gasteiger partial charge in [-0.25, -0.2) is 0 Å². The lowest BCUT2D eigenvalue weighted by atomic mass is 9.98. The van der Waals surface area contributed by atoms with Crippen molar-refractivity contribution < 1.29 is 9.47 Å². The smallest absolute Gasteiger partial charge is 0.0587 e. The van der Waals surface area contributed by atoms with Crippen molar-refractivity contribution in [2.24, 2.45) is 5.92 Å². The molecular formula is C13H29NO2. The molecule has 0 rings (SSSR count). The average molecular weight is 231 g/mol. The Morgan fingerprint density at radius 2 is 1.94 bits per heavy atom. The molecule has 0 aromatic carbocycles. The van der Waals surface area contributed by atoms with Crippen LogP contribution in [0.4, 0.5) is 0 Å². The van der Waals surface area contributed by atoms with Crippen molar-refractivity contribution in [1.82, 2.24) is 5.32 Å². The van der Waals surface area contributed by atoms with E-state index in [0.29, 0.717) is 0 Å². The van der Waals surface area contributed by atoms with Crippen LogP contribution in [0.25, 0.3) is 0 Å². The maximum absolute atomic E-state index is 5.36. The highest BCUT2D eigenvalue weighted by atomic mass is 16.5. The first kappa shape index (κ1) is 15.9. The number of hydrogen-bond donors (Lipinski definition) is 1. The van der Waals surface area contributed by atoms with Crippen LogP contribution in [0.3, 0.4) is 0 Å². The molecule has 3 heteroatoms. The molecule has 16 heavy (non-hydrogen) atoms. The molecule has 0 fully saturated rings. The molecule has 98 valence electrons. The van der Waals surface area contributed by atoms with Gasteiger partial charge in [-0.3, -0.25) is 0 Å². The summed E-state index contributed by atoms with van der Waals surface area (Å²) in [6.45, 7) is 8.93.